The van der Waals surface area contributed by atoms with E-state index < -0.39 is 7.05 Å². The van der Waals surface area contributed by atoms with Crippen molar-refractivity contribution in [1.82, 2.24) is 19.6 Å². The molecule has 6 rings (SSSR count). The van der Waals surface area contributed by atoms with Gasteiger partial charge in [-0.15, -0.1) is 0 Å². The number of carbonyl (C=O) groups excluding carboxylic acids is 1. The van der Waals surface area contributed by atoms with E-state index in [1.54, 1.807) is 6.82 Å². The molecule has 9 nitrogen and oxygen atoms in total. The zero-order chi connectivity index (χ0) is 27.8. The summed E-state index contributed by atoms with van der Waals surface area (Å²) in [5.41, 5.74) is 9.87. The summed E-state index contributed by atoms with van der Waals surface area (Å²) in [5.74, 6) is 0.317. The molecule has 0 saturated carbocycles. The highest BCUT2D eigenvalue weighted by Gasteiger charge is 2.24. The van der Waals surface area contributed by atoms with Crippen LogP contribution in [0.25, 0.3) is 21.8 Å². The second-order valence-corrected chi connectivity index (χ2v) is 10.4. The second kappa shape index (κ2) is 13.7. The number of H-pyrrole nitrogens is 2. The predicted octanol–water partition coefficient (Wildman–Crippen LogP) is 3.67. The maximum absolute atomic E-state index is 10.7. The molecule has 206 valence electrons. The highest BCUT2D eigenvalue weighted by molar-refractivity contribution is 6.45. The van der Waals surface area contributed by atoms with E-state index in [4.69, 9.17) is 10.8 Å². The average Bonchev–Trinajstić information content (AvgIpc) is 3.59. The van der Waals surface area contributed by atoms with Crippen molar-refractivity contribution in [2.45, 2.75) is 45.4 Å². The molecular formula is C28H40B2N6O3. The number of benzene rings is 2. The van der Waals surface area contributed by atoms with Gasteiger partial charge < -0.3 is 40.7 Å². The van der Waals surface area contributed by atoms with E-state index in [9.17, 15) is 9.82 Å². The number of hydrogen-bond donors (Lipinski definition) is 6. The molecule has 4 heterocycles. The van der Waals surface area contributed by atoms with Crippen LogP contribution in [0.3, 0.4) is 0 Å². The van der Waals surface area contributed by atoms with E-state index in [0.717, 1.165) is 50.2 Å². The normalized spacial score (nSPS) is 16.8. The van der Waals surface area contributed by atoms with Crippen molar-refractivity contribution in [1.29, 1.82) is 0 Å². The summed E-state index contributed by atoms with van der Waals surface area (Å²) >= 11 is 0. The number of aromatic nitrogens is 2. The fourth-order valence-corrected chi connectivity index (χ4v) is 5.02. The summed E-state index contributed by atoms with van der Waals surface area (Å²) in [4.78, 5) is 21.0. The van der Waals surface area contributed by atoms with Crippen LogP contribution < -0.4 is 11.1 Å². The molecule has 0 amide bonds. The van der Waals surface area contributed by atoms with Crippen LogP contribution in [-0.4, -0.2) is 81.7 Å². The van der Waals surface area contributed by atoms with Crippen LogP contribution in [0.2, 0.25) is 13.6 Å². The number of anilines is 2. The van der Waals surface area contributed by atoms with Gasteiger partial charge in [0.15, 0.2) is 0 Å². The van der Waals surface area contributed by atoms with Crippen molar-refractivity contribution in [2.24, 2.45) is 0 Å². The lowest BCUT2D eigenvalue weighted by Crippen LogP contribution is -2.45. The second-order valence-electron chi connectivity index (χ2n) is 10.4. The van der Waals surface area contributed by atoms with Crippen LogP contribution in [0.5, 0.6) is 0 Å². The summed E-state index contributed by atoms with van der Waals surface area (Å²) in [5, 5.41) is 24.6. The molecule has 0 spiro atoms. The van der Waals surface area contributed by atoms with E-state index in [0.29, 0.717) is 24.7 Å². The van der Waals surface area contributed by atoms with Crippen molar-refractivity contribution < 1.29 is 14.8 Å². The Morgan fingerprint density at radius 2 is 1.36 bits per heavy atom. The summed E-state index contributed by atoms with van der Waals surface area (Å²) in [6.07, 6.45) is 7.24. The first kappa shape index (κ1) is 28.8. The minimum Gasteiger partial charge on any atom is -0.437 e. The fourth-order valence-electron chi connectivity index (χ4n) is 5.02. The third-order valence-corrected chi connectivity index (χ3v) is 7.44. The first-order chi connectivity index (χ1) is 18.8. The average molecular weight is 530 g/mol. The molecule has 0 atom stereocenters. The van der Waals surface area contributed by atoms with Crippen molar-refractivity contribution in [3.05, 3.63) is 60.9 Å². The van der Waals surface area contributed by atoms with Crippen LogP contribution in [-0.2, 0) is 4.79 Å². The van der Waals surface area contributed by atoms with Crippen LogP contribution in [0.15, 0.2) is 60.9 Å². The maximum atomic E-state index is 10.7. The minimum atomic E-state index is -0.395. The van der Waals surface area contributed by atoms with Crippen molar-refractivity contribution in [2.75, 3.05) is 37.2 Å². The number of nitrogens with two attached hydrogens (primary N) is 1. The molecule has 2 aliphatic rings. The van der Waals surface area contributed by atoms with Gasteiger partial charge in [0, 0.05) is 64.5 Å². The number of fused-ring (bicyclic) bond motifs is 2. The Hall–Kier alpha value is -3.24. The molecule has 2 saturated heterocycles. The molecule has 39 heavy (non-hydrogen) atoms. The van der Waals surface area contributed by atoms with E-state index in [2.05, 4.69) is 44.4 Å². The van der Waals surface area contributed by atoms with Crippen molar-refractivity contribution >= 4 is 53.1 Å². The Labute approximate surface area is 231 Å². The van der Waals surface area contributed by atoms with Crippen LogP contribution in [0.1, 0.15) is 25.7 Å². The Morgan fingerprint density at radius 1 is 0.821 bits per heavy atom. The number of nitrogen functional groups attached to an aromatic ring is 1. The molecule has 4 aromatic rings. The fraction of sp³-hybridized carbons (Fsp3) is 0.393. The first-order valence-corrected chi connectivity index (χ1v) is 13.8. The summed E-state index contributed by atoms with van der Waals surface area (Å²) in [6, 6.07) is 16.8. The Kier molecular flexibility index (Phi) is 10.1. The highest BCUT2D eigenvalue weighted by atomic mass is 16.2. The lowest BCUT2D eigenvalue weighted by Gasteiger charge is -2.33. The number of ketones is 1. The Bertz CT molecular complexity index is 1320. The molecule has 0 bridgehead atoms. The van der Waals surface area contributed by atoms with Crippen LogP contribution in [0.4, 0.5) is 11.4 Å². The van der Waals surface area contributed by atoms with Gasteiger partial charge in [-0.1, -0.05) is 0 Å². The highest BCUT2D eigenvalue weighted by Crippen LogP contribution is 2.21. The van der Waals surface area contributed by atoms with Gasteiger partial charge in [0.05, 0.1) is 0 Å². The Balaban J connectivity index is 0.000000149. The zero-order valence-corrected chi connectivity index (χ0v) is 22.9. The van der Waals surface area contributed by atoms with Crippen molar-refractivity contribution in [3.63, 3.8) is 0 Å². The van der Waals surface area contributed by atoms with Gasteiger partial charge in [-0.3, -0.25) is 4.79 Å². The first-order valence-electron chi connectivity index (χ1n) is 13.8. The van der Waals surface area contributed by atoms with E-state index in [1.165, 1.54) is 22.0 Å². The molecule has 2 fully saturated rings. The molecule has 2 aromatic heterocycles. The number of Topliss-reactive ketones (excluding diaryl/α,β-unsaturated/α-hetero) is 1. The minimum absolute atomic E-state index is 0.317. The van der Waals surface area contributed by atoms with E-state index >= 15 is 0 Å². The topological polar surface area (TPSA) is 134 Å². The lowest BCUT2D eigenvalue weighted by molar-refractivity contribution is -0.120. The molecule has 0 radical (unpaired) electrons. The van der Waals surface area contributed by atoms with Crippen molar-refractivity contribution in [3.8, 4) is 0 Å². The zero-order valence-electron chi connectivity index (χ0n) is 22.9. The van der Waals surface area contributed by atoms with Crippen LogP contribution >= 0.6 is 0 Å². The molecule has 0 aliphatic carbocycles. The SMILES string of the molecule is CB(O)N1CCC(=O)CC1.CB(O)N1CCC(Nc2ccc3[nH]ccc3c2)CC1.Nc1ccc2[nH]ccc2c1. The molecule has 2 aromatic carbocycles. The number of aromatic amines is 2. The molecular weight excluding hydrogens is 490 g/mol. The summed E-state index contributed by atoms with van der Waals surface area (Å²) in [6.45, 7) is 6.93. The van der Waals surface area contributed by atoms with Gasteiger partial charge in [0.25, 0.3) is 0 Å². The quantitative estimate of drug-likeness (QED) is 0.175. The van der Waals surface area contributed by atoms with Gasteiger partial charge in [-0.25, -0.2) is 0 Å². The maximum Gasteiger partial charge on any atom is 0.376 e. The smallest absolute Gasteiger partial charge is 0.376 e. The standard InChI is InChI=1S/C14H20BN3O.C8H8N2.C6H12BNO2/c1-15(19)18-8-5-12(6-9-18)17-13-2-3-14-11(10-13)4-7-16-14;9-7-1-2-8-6(5-7)3-4-10-8;1-7(10)8-4-2-6(9)3-5-8/h2-4,7,10,12,16-17,19H,5-6,8-9H2,1H3;1-5,10H,9H2;10H,2-5H2,1H3. The number of nitrogens with one attached hydrogen (secondary N) is 3. The molecule has 11 heteroatoms. The monoisotopic (exact) mass is 530 g/mol. The summed E-state index contributed by atoms with van der Waals surface area (Å²) < 4.78 is 0. The molecule has 7 N–H and O–H groups in total. The van der Waals surface area contributed by atoms with Gasteiger partial charge in [-0.05, 0) is 101 Å². The summed E-state index contributed by atoms with van der Waals surface area (Å²) in [7, 11) is -0.717. The molecule has 2 aliphatic heterocycles. The van der Waals surface area contributed by atoms with Crippen LogP contribution in [0, 0.1) is 0 Å². The number of carbonyl (C=O) groups is 1. The van der Waals surface area contributed by atoms with Gasteiger partial charge >= 0.3 is 14.1 Å². The van der Waals surface area contributed by atoms with E-state index in [1.807, 2.05) is 48.3 Å². The van der Waals surface area contributed by atoms with Gasteiger partial charge in [0.1, 0.15) is 5.78 Å². The molecule has 0 unspecified atom stereocenters. The van der Waals surface area contributed by atoms with E-state index in [-0.39, 0.29) is 7.05 Å². The third-order valence-electron chi connectivity index (χ3n) is 7.44. The number of hydrogen-bond acceptors (Lipinski definition) is 7. The number of piperidine rings is 2. The van der Waals surface area contributed by atoms with Gasteiger partial charge in [-0.2, -0.15) is 0 Å². The predicted molar refractivity (Wildman–Crippen MR) is 163 cm³/mol. The number of rotatable bonds is 4. The Morgan fingerprint density at radius 3 is 1.95 bits per heavy atom. The van der Waals surface area contributed by atoms with Gasteiger partial charge in [0.2, 0.25) is 0 Å². The lowest BCUT2D eigenvalue weighted by atomic mass is 9.82. The third kappa shape index (κ3) is 8.37. The largest absolute Gasteiger partial charge is 0.437 e. The number of nitrogens with zero attached hydrogens (tertiary/aromatic N) is 2.